The number of carbonyl (C=O) groups is 1. The Labute approximate surface area is 80.5 Å². The van der Waals surface area contributed by atoms with Gasteiger partial charge in [-0.05, 0) is 19.9 Å². The van der Waals surface area contributed by atoms with E-state index < -0.39 is 0 Å². The highest BCUT2D eigenvalue weighted by molar-refractivity contribution is 5.77. The number of carbonyl (C=O) groups excluding carboxylic acids is 1. The maximum absolute atomic E-state index is 11.1. The summed E-state index contributed by atoms with van der Waals surface area (Å²) in [5, 5.41) is 2.65. The van der Waals surface area contributed by atoms with E-state index in [-0.39, 0.29) is 5.91 Å². The first-order valence-corrected chi connectivity index (χ1v) is 5.15. The molecule has 0 aliphatic heterocycles. The Balaban J connectivity index is 2.28. The molecule has 1 saturated carbocycles. The van der Waals surface area contributed by atoms with Gasteiger partial charge in [0.2, 0.25) is 5.91 Å². The second-order valence-corrected chi connectivity index (χ2v) is 3.88. The van der Waals surface area contributed by atoms with Crippen molar-refractivity contribution >= 4 is 5.91 Å². The van der Waals surface area contributed by atoms with Crippen LogP contribution in [0.3, 0.4) is 0 Å². The van der Waals surface area contributed by atoms with E-state index >= 15 is 0 Å². The van der Waals surface area contributed by atoms with Crippen molar-refractivity contribution in [2.45, 2.75) is 38.1 Å². The van der Waals surface area contributed by atoms with E-state index in [1.807, 2.05) is 7.05 Å². The van der Waals surface area contributed by atoms with Crippen molar-refractivity contribution < 1.29 is 4.79 Å². The Kier molecular flexibility index (Phi) is 4.22. The van der Waals surface area contributed by atoms with E-state index in [9.17, 15) is 4.79 Å². The first-order valence-electron chi connectivity index (χ1n) is 5.15. The summed E-state index contributed by atoms with van der Waals surface area (Å²) < 4.78 is 0. The second-order valence-electron chi connectivity index (χ2n) is 3.88. The smallest absolute Gasteiger partial charge is 0.233 e. The fraction of sp³-hybridized carbons (Fsp3) is 0.900. The van der Waals surface area contributed by atoms with Gasteiger partial charge in [0, 0.05) is 13.1 Å². The molecule has 0 saturated heterocycles. The van der Waals surface area contributed by atoms with Gasteiger partial charge in [0.1, 0.15) is 0 Å². The van der Waals surface area contributed by atoms with E-state index in [0.717, 1.165) is 0 Å². The van der Waals surface area contributed by atoms with Gasteiger partial charge in [-0.2, -0.15) is 0 Å². The highest BCUT2D eigenvalue weighted by atomic mass is 16.1. The predicted molar refractivity (Wildman–Crippen MR) is 53.6 cm³/mol. The molecule has 3 heteroatoms. The van der Waals surface area contributed by atoms with Gasteiger partial charge in [-0.15, -0.1) is 0 Å². The van der Waals surface area contributed by atoms with Crippen molar-refractivity contribution in [3.63, 3.8) is 0 Å². The lowest BCUT2D eigenvalue weighted by molar-refractivity contribution is -0.122. The van der Waals surface area contributed by atoms with E-state index in [0.29, 0.717) is 12.6 Å². The average Bonchev–Trinajstić information content (AvgIpc) is 2.19. The summed E-state index contributed by atoms with van der Waals surface area (Å²) in [5.74, 6) is 0.119. The quantitative estimate of drug-likeness (QED) is 0.709. The molecular formula is C10H20N2O. The van der Waals surface area contributed by atoms with Crippen LogP contribution in [-0.4, -0.2) is 37.5 Å². The maximum atomic E-state index is 11.1. The van der Waals surface area contributed by atoms with Gasteiger partial charge in [-0.25, -0.2) is 0 Å². The number of hydrogen-bond acceptors (Lipinski definition) is 2. The van der Waals surface area contributed by atoms with E-state index in [1.54, 1.807) is 7.05 Å². The van der Waals surface area contributed by atoms with Gasteiger partial charge in [0.25, 0.3) is 0 Å². The summed E-state index contributed by atoms with van der Waals surface area (Å²) in [7, 11) is 3.74. The van der Waals surface area contributed by atoms with Crippen molar-refractivity contribution in [3.8, 4) is 0 Å². The fourth-order valence-electron chi connectivity index (χ4n) is 1.96. The number of nitrogens with one attached hydrogen (secondary N) is 1. The third-order valence-electron chi connectivity index (χ3n) is 2.87. The number of hydrogen-bond donors (Lipinski definition) is 1. The third-order valence-corrected chi connectivity index (χ3v) is 2.87. The van der Waals surface area contributed by atoms with Crippen molar-refractivity contribution in [1.29, 1.82) is 0 Å². The Morgan fingerprint density at radius 1 is 1.38 bits per heavy atom. The summed E-state index contributed by atoms with van der Waals surface area (Å²) in [5.41, 5.74) is 0. The minimum Gasteiger partial charge on any atom is -0.358 e. The molecule has 0 aromatic heterocycles. The number of amides is 1. The van der Waals surface area contributed by atoms with Crippen LogP contribution in [0.15, 0.2) is 0 Å². The van der Waals surface area contributed by atoms with Crippen LogP contribution in [0.4, 0.5) is 0 Å². The van der Waals surface area contributed by atoms with Crippen LogP contribution >= 0.6 is 0 Å². The third kappa shape index (κ3) is 3.35. The lowest BCUT2D eigenvalue weighted by Gasteiger charge is -2.30. The van der Waals surface area contributed by atoms with Crippen molar-refractivity contribution in [2.75, 3.05) is 20.6 Å². The van der Waals surface area contributed by atoms with Crippen LogP contribution in [0.1, 0.15) is 32.1 Å². The molecule has 0 bridgehead atoms. The molecule has 0 atom stereocenters. The molecule has 1 rings (SSSR count). The molecule has 1 N–H and O–H groups in total. The fourth-order valence-corrected chi connectivity index (χ4v) is 1.96. The minimum atomic E-state index is 0.119. The Hall–Kier alpha value is -0.570. The van der Waals surface area contributed by atoms with Gasteiger partial charge in [0.15, 0.2) is 0 Å². The molecule has 0 aromatic rings. The molecule has 0 aromatic carbocycles. The molecule has 1 aliphatic rings. The number of likely N-dealkylation sites (N-methyl/N-ethyl adjacent to an activating group) is 2. The Bertz CT molecular complexity index is 164. The highest BCUT2D eigenvalue weighted by Gasteiger charge is 2.18. The topological polar surface area (TPSA) is 32.3 Å². The first-order chi connectivity index (χ1) is 6.24. The van der Waals surface area contributed by atoms with Gasteiger partial charge >= 0.3 is 0 Å². The van der Waals surface area contributed by atoms with Gasteiger partial charge in [-0.3, -0.25) is 9.69 Å². The molecule has 1 fully saturated rings. The van der Waals surface area contributed by atoms with Crippen molar-refractivity contribution in [3.05, 3.63) is 0 Å². The van der Waals surface area contributed by atoms with Crippen LogP contribution < -0.4 is 5.32 Å². The summed E-state index contributed by atoms with van der Waals surface area (Å²) in [6, 6.07) is 0.631. The molecule has 1 amide bonds. The molecule has 1 aliphatic carbocycles. The minimum absolute atomic E-state index is 0.119. The molecule has 0 spiro atoms. The molecule has 3 nitrogen and oxygen atoms in total. The summed E-state index contributed by atoms with van der Waals surface area (Å²) in [6.45, 7) is 0.543. The summed E-state index contributed by atoms with van der Waals surface area (Å²) >= 11 is 0. The Morgan fingerprint density at radius 2 is 2.00 bits per heavy atom. The van der Waals surface area contributed by atoms with E-state index in [1.165, 1.54) is 32.1 Å². The number of rotatable bonds is 3. The van der Waals surface area contributed by atoms with Crippen molar-refractivity contribution in [2.24, 2.45) is 0 Å². The first kappa shape index (κ1) is 10.5. The zero-order valence-electron chi connectivity index (χ0n) is 8.68. The van der Waals surface area contributed by atoms with E-state index in [4.69, 9.17) is 0 Å². The van der Waals surface area contributed by atoms with Crippen LogP contribution in [0.5, 0.6) is 0 Å². The molecule has 13 heavy (non-hydrogen) atoms. The lowest BCUT2D eigenvalue weighted by Crippen LogP contribution is -2.40. The summed E-state index contributed by atoms with van der Waals surface area (Å²) in [6.07, 6.45) is 6.52. The summed E-state index contributed by atoms with van der Waals surface area (Å²) in [4.78, 5) is 13.3. The second kappa shape index (κ2) is 5.22. The molecule has 76 valence electrons. The normalized spacial score (nSPS) is 19.0. The predicted octanol–water partition coefficient (Wildman–Crippen LogP) is 0.997. The maximum Gasteiger partial charge on any atom is 0.233 e. The largest absolute Gasteiger partial charge is 0.358 e. The molecule has 0 heterocycles. The standard InChI is InChI=1S/C10H20N2O/c1-11-10(13)8-12(2)9-6-4-3-5-7-9/h9H,3-8H2,1-2H3,(H,11,13). The lowest BCUT2D eigenvalue weighted by atomic mass is 9.94. The average molecular weight is 184 g/mol. The van der Waals surface area contributed by atoms with Crippen LogP contribution in [0.25, 0.3) is 0 Å². The van der Waals surface area contributed by atoms with E-state index in [2.05, 4.69) is 10.2 Å². The zero-order valence-corrected chi connectivity index (χ0v) is 8.68. The highest BCUT2D eigenvalue weighted by Crippen LogP contribution is 2.21. The van der Waals surface area contributed by atoms with Crippen molar-refractivity contribution in [1.82, 2.24) is 10.2 Å². The molecular weight excluding hydrogens is 164 g/mol. The molecule has 0 unspecified atom stereocenters. The van der Waals surface area contributed by atoms with Crippen LogP contribution in [0, 0.1) is 0 Å². The van der Waals surface area contributed by atoms with Crippen LogP contribution in [-0.2, 0) is 4.79 Å². The molecule has 0 radical (unpaired) electrons. The number of nitrogens with zero attached hydrogens (tertiary/aromatic N) is 1. The zero-order chi connectivity index (χ0) is 9.68. The Morgan fingerprint density at radius 3 is 2.54 bits per heavy atom. The van der Waals surface area contributed by atoms with Gasteiger partial charge < -0.3 is 5.32 Å². The van der Waals surface area contributed by atoms with Crippen LogP contribution in [0.2, 0.25) is 0 Å². The van der Waals surface area contributed by atoms with Gasteiger partial charge in [0.05, 0.1) is 6.54 Å². The monoisotopic (exact) mass is 184 g/mol. The van der Waals surface area contributed by atoms with Gasteiger partial charge in [-0.1, -0.05) is 19.3 Å². The SMILES string of the molecule is CNC(=O)CN(C)C1CCCCC1.